The lowest BCUT2D eigenvalue weighted by atomic mass is 10.1. The van der Waals surface area contributed by atoms with Crippen molar-refractivity contribution >= 4 is 11.6 Å². The van der Waals surface area contributed by atoms with E-state index in [-0.39, 0.29) is 11.9 Å². The number of benzene rings is 2. The molecule has 0 saturated carbocycles. The fraction of sp³-hybridized carbons (Fsp3) is 0.250. The van der Waals surface area contributed by atoms with Gasteiger partial charge in [-0.05, 0) is 25.0 Å². The first-order valence-electron chi connectivity index (χ1n) is 8.50. The number of hydrogen-bond acceptors (Lipinski definition) is 4. The largest absolute Gasteiger partial charge is 0.339 e. The van der Waals surface area contributed by atoms with Gasteiger partial charge in [0.05, 0.1) is 0 Å². The van der Waals surface area contributed by atoms with Gasteiger partial charge in [-0.3, -0.25) is 4.79 Å². The Morgan fingerprint density at radius 3 is 2.76 bits per heavy atom. The molecule has 1 amide bonds. The molecule has 0 saturated heterocycles. The number of aryl methyl sites for hydroxylation is 1. The Bertz CT molecular complexity index is 889. The summed E-state index contributed by atoms with van der Waals surface area (Å²) in [6.07, 6.45) is 1.71. The van der Waals surface area contributed by atoms with Gasteiger partial charge in [0.15, 0.2) is 0 Å². The number of carbonyl (C=O) groups excluding carboxylic acids is 1. The van der Waals surface area contributed by atoms with Gasteiger partial charge in [0.25, 0.3) is 0 Å². The molecule has 1 aromatic heterocycles. The Morgan fingerprint density at radius 2 is 1.92 bits per heavy atom. The van der Waals surface area contributed by atoms with E-state index in [1.807, 2.05) is 53.4 Å². The van der Waals surface area contributed by atoms with Gasteiger partial charge < -0.3 is 9.42 Å². The van der Waals surface area contributed by atoms with Crippen LogP contribution in [0.3, 0.4) is 0 Å². The minimum absolute atomic E-state index is 0.0944. The molecule has 5 heteroatoms. The number of rotatable bonds is 4. The van der Waals surface area contributed by atoms with Crippen molar-refractivity contribution in [3.05, 3.63) is 66.1 Å². The average Bonchev–Trinajstić information content (AvgIpc) is 3.24. The molecule has 25 heavy (non-hydrogen) atoms. The normalized spacial score (nSPS) is 16.0. The molecule has 0 N–H and O–H groups in total. The van der Waals surface area contributed by atoms with Gasteiger partial charge in [-0.25, -0.2) is 0 Å². The summed E-state index contributed by atoms with van der Waals surface area (Å²) in [4.78, 5) is 19.0. The van der Waals surface area contributed by atoms with Gasteiger partial charge in [-0.1, -0.05) is 53.7 Å². The van der Waals surface area contributed by atoms with Crippen LogP contribution in [-0.4, -0.2) is 22.1 Å². The molecule has 1 aliphatic rings. The fourth-order valence-electron chi connectivity index (χ4n) is 3.34. The second-order valence-corrected chi connectivity index (χ2v) is 6.32. The van der Waals surface area contributed by atoms with E-state index in [0.717, 1.165) is 17.7 Å². The Hall–Kier alpha value is -2.95. The molecule has 126 valence electrons. The molecule has 0 spiro atoms. The van der Waals surface area contributed by atoms with Gasteiger partial charge >= 0.3 is 0 Å². The first kappa shape index (κ1) is 15.6. The zero-order chi connectivity index (χ0) is 17.2. The van der Waals surface area contributed by atoms with E-state index < -0.39 is 0 Å². The average molecular weight is 333 g/mol. The lowest BCUT2D eigenvalue weighted by molar-refractivity contribution is -0.118. The minimum Gasteiger partial charge on any atom is -0.339 e. The smallest absolute Gasteiger partial charge is 0.227 e. The molecule has 0 aliphatic carbocycles. The van der Waals surface area contributed by atoms with Crippen molar-refractivity contribution < 1.29 is 9.32 Å². The molecule has 0 unspecified atom stereocenters. The van der Waals surface area contributed by atoms with E-state index in [1.54, 1.807) is 0 Å². The zero-order valence-corrected chi connectivity index (χ0v) is 14.1. The third-order valence-corrected chi connectivity index (χ3v) is 4.53. The summed E-state index contributed by atoms with van der Waals surface area (Å²) in [6.45, 7) is 2.08. The first-order valence-corrected chi connectivity index (χ1v) is 8.50. The quantitative estimate of drug-likeness (QED) is 0.731. The van der Waals surface area contributed by atoms with Crippen LogP contribution in [0.1, 0.15) is 24.8 Å². The molecular formula is C20H19N3O2. The van der Waals surface area contributed by atoms with Crippen LogP contribution in [0.4, 0.5) is 5.69 Å². The molecular weight excluding hydrogens is 314 g/mol. The van der Waals surface area contributed by atoms with Gasteiger partial charge in [0, 0.05) is 30.1 Å². The maximum Gasteiger partial charge on any atom is 0.227 e. The first-order chi connectivity index (χ1) is 12.2. The number of fused-ring (bicyclic) bond motifs is 1. The van der Waals surface area contributed by atoms with Crippen LogP contribution in [0.15, 0.2) is 59.1 Å². The van der Waals surface area contributed by atoms with Crippen LogP contribution in [0.5, 0.6) is 0 Å². The molecule has 0 bridgehead atoms. The van der Waals surface area contributed by atoms with Crippen LogP contribution in [0.2, 0.25) is 0 Å². The van der Waals surface area contributed by atoms with E-state index >= 15 is 0 Å². The molecule has 5 nitrogen and oxygen atoms in total. The van der Waals surface area contributed by atoms with E-state index in [0.29, 0.717) is 24.6 Å². The molecule has 1 atom stereocenters. The van der Waals surface area contributed by atoms with Crippen molar-refractivity contribution in [2.24, 2.45) is 0 Å². The number of anilines is 1. The van der Waals surface area contributed by atoms with Gasteiger partial charge in [0.1, 0.15) is 0 Å². The van der Waals surface area contributed by atoms with Gasteiger partial charge in [0.2, 0.25) is 17.6 Å². The Kier molecular flexibility index (Phi) is 4.06. The van der Waals surface area contributed by atoms with Gasteiger partial charge in [-0.2, -0.15) is 4.98 Å². The fourth-order valence-corrected chi connectivity index (χ4v) is 3.34. The Labute approximate surface area is 146 Å². The molecule has 3 aromatic rings. The highest BCUT2D eigenvalue weighted by Gasteiger charge is 2.30. The highest BCUT2D eigenvalue weighted by molar-refractivity contribution is 5.96. The lowest BCUT2D eigenvalue weighted by Crippen LogP contribution is -2.35. The molecule has 0 fully saturated rings. The van der Waals surface area contributed by atoms with Crippen molar-refractivity contribution in [2.75, 3.05) is 4.90 Å². The predicted molar refractivity (Wildman–Crippen MR) is 95.1 cm³/mol. The second-order valence-electron chi connectivity index (χ2n) is 6.32. The van der Waals surface area contributed by atoms with Crippen LogP contribution in [0.25, 0.3) is 11.4 Å². The van der Waals surface area contributed by atoms with E-state index in [2.05, 4.69) is 23.1 Å². The number of nitrogens with zero attached hydrogens (tertiary/aromatic N) is 3. The Morgan fingerprint density at radius 1 is 1.16 bits per heavy atom. The SMILES string of the molecule is C[C@@H]1Cc2ccccc2N1C(=O)CCc1nc(-c2ccccc2)no1. The number of para-hydroxylation sites is 1. The summed E-state index contributed by atoms with van der Waals surface area (Å²) in [5, 5.41) is 4.00. The summed E-state index contributed by atoms with van der Waals surface area (Å²) in [6, 6.07) is 17.9. The highest BCUT2D eigenvalue weighted by Crippen LogP contribution is 2.32. The van der Waals surface area contributed by atoms with Crippen LogP contribution in [-0.2, 0) is 17.6 Å². The van der Waals surface area contributed by atoms with Crippen molar-refractivity contribution in [3.8, 4) is 11.4 Å². The summed E-state index contributed by atoms with van der Waals surface area (Å²) >= 11 is 0. The third-order valence-electron chi connectivity index (χ3n) is 4.53. The molecule has 2 heterocycles. The summed E-state index contributed by atoms with van der Waals surface area (Å²) in [5.74, 6) is 1.15. The highest BCUT2D eigenvalue weighted by atomic mass is 16.5. The Balaban J connectivity index is 1.44. The van der Waals surface area contributed by atoms with E-state index in [9.17, 15) is 4.79 Å². The van der Waals surface area contributed by atoms with Crippen molar-refractivity contribution in [1.29, 1.82) is 0 Å². The minimum atomic E-state index is 0.0944. The zero-order valence-electron chi connectivity index (χ0n) is 14.1. The lowest BCUT2D eigenvalue weighted by Gasteiger charge is -2.22. The molecule has 1 aliphatic heterocycles. The maximum atomic E-state index is 12.7. The summed E-state index contributed by atoms with van der Waals surface area (Å²) in [5.41, 5.74) is 3.16. The summed E-state index contributed by atoms with van der Waals surface area (Å²) in [7, 11) is 0. The topological polar surface area (TPSA) is 59.2 Å². The number of carbonyl (C=O) groups is 1. The van der Waals surface area contributed by atoms with E-state index in [1.165, 1.54) is 5.56 Å². The molecule has 2 aromatic carbocycles. The molecule has 0 radical (unpaired) electrons. The predicted octanol–water partition coefficient (Wildman–Crippen LogP) is 3.65. The van der Waals surface area contributed by atoms with Crippen LogP contribution >= 0.6 is 0 Å². The maximum absolute atomic E-state index is 12.7. The molecule has 4 rings (SSSR count). The van der Waals surface area contributed by atoms with Gasteiger partial charge in [-0.15, -0.1) is 0 Å². The number of hydrogen-bond donors (Lipinski definition) is 0. The second kappa shape index (κ2) is 6.51. The van der Waals surface area contributed by atoms with Crippen molar-refractivity contribution in [3.63, 3.8) is 0 Å². The van der Waals surface area contributed by atoms with Crippen LogP contribution < -0.4 is 4.90 Å². The monoisotopic (exact) mass is 333 g/mol. The number of aromatic nitrogens is 2. The van der Waals surface area contributed by atoms with E-state index in [4.69, 9.17) is 4.52 Å². The standard InChI is InChI=1S/C20H19N3O2/c1-14-13-16-9-5-6-10-17(16)23(14)19(24)12-11-18-21-20(22-25-18)15-7-3-2-4-8-15/h2-10,14H,11-13H2,1H3/t14-/m1/s1. The van der Waals surface area contributed by atoms with Crippen molar-refractivity contribution in [1.82, 2.24) is 10.1 Å². The number of amides is 1. The van der Waals surface area contributed by atoms with Crippen LogP contribution in [0, 0.1) is 0 Å². The summed E-state index contributed by atoms with van der Waals surface area (Å²) < 4.78 is 5.30. The van der Waals surface area contributed by atoms with Crippen molar-refractivity contribution in [2.45, 2.75) is 32.2 Å². The third kappa shape index (κ3) is 3.05.